The number of rotatable bonds is 5. The second-order valence-corrected chi connectivity index (χ2v) is 6.20. The van der Waals surface area contributed by atoms with Crippen molar-refractivity contribution in [1.29, 1.82) is 0 Å². The molecule has 1 atom stereocenters. The molecule has 1 saturated heterocycles. The summed E-state index contributed by atoms with van der Waals surface area (Å²) in [5.41, 5.74) is 0.980. The van der Waals surface area contributed by atoms with Crippen molar-refractivity contribution in [3.8, 4) is 5.69 Å². The maximum absolute atomic E-state index is 13.0. The summed E-state index contributed by atoms with van der Waals surface area (Å²) in [5, 5.41) is 13.2. The van der Waals surface area contributed by atoms with Crippen LogP contribution in [0.3, 0.4) is 0 Å². The highest BCUT2D eigenvalue weighted by Gasteiger charge is 2.29. The van der Waals surface area contributed by atoms with Crippen molar-refractivity contribution in [3.63, 3.8) is 0 Å². The van der Waals surface area contributed by atoms with Gasteiger partial charge in [-0.2, -0.15) is 5.10 Å². The van der Waals surface area contributed by atoms with Crippen molar-refractivity contribution in [3.05, 3.63) is 48.0 Å². The van der Waals surface area contributed by atoms with Gasteiger partial charge in [-0.1, -0.05) is 0 Å². The molecule has 132 valence electrons. The monoisotopic (exact) mass is 345 g/mol. The molecule has 1 aromatic carbocycles. The maximum Gasteiger partial charge on any atom is 0.303 e. The van der Waals surface area contributed by atoms with Gasteiger partial charge in [0, 0.05) is 25.2 Å². The molecule has 1 fully saturated rings. The SMILES string of the molecule is O=C(O)CC[C@H]1CCCCN1C(=O)c1ccn(-c2ccc(F)cc2)n1. The summed E-state index contributed by atoms with van der Waals surface area (Å²) in [6.45, 7) is 0.618. The van der Waals surface area contributed by atoms with Crippen LogP contribution in [0, 0.1) is 5.82 Å². The zero-order valence-electron chi connectivity index (χ0n) is 13.8. The first-order chi connectivity index (χ1) is 12.0. The highest BCUT2D eigenvalue weighted by molar-refractivity contribution is 5.92. The summed E-state index contributed by atoms with van der Waals surface area (Å²) < 4.78 is 14.5. The lowest BCUT2D eigenvalue weighted by molar-refractivity contribution is -0.137. The Kier molecular flexibility index (Phi) is 5.11. The predicted molar refractivity (Wildman–Crippen MR) is 89.1 cm³/mol. The average molecular weight is 345 g/mol. The number of likely N-dealkylation sites (tertiary alicyclic amines) is 1. The van der Waals surface area contributed by atoms with Gasteiger partial charge in [0.25, 0.3) is 5.91 Å². The Morgan fingerprint density at radius 1 is 1.20 bits per heavy atom. The molecular weight excluding hydrogens is 325 g/mol. The Balaban J connectivity index is 1.75. The van der Waals surface area contributed by atoms with Crippen LogP contribution in [0.1, 0.15) is 42.6 Å². The minimum absolute atomic E-state index is 0.0540. The van der Waals surface area contributed by atoms with Gasteiger partial charge in [0.15, 0.2) is 5.69 Å². The van der Waals surface area contributed by atoms with Gasteiger partial charge in [-0.05, 0) is 56.0 Å². The minimum atomic E-state index is -0.849. The van der Waals surface area contributed by atoms with Gasteiger partial charge in [-0.15, -0.1) is 0 Å². The molecule has 1 amide bonds. The third-order valence-electron chi connectivity index (χ3n) is 4.48. The molecule has 2 heterocycles. The molecule has 1 aliphatic heterocycles. The molecule has 0 saturated carbocycles. The highest BCUT2D eigenvalue weighted by Crippen LogP contribution is 2.23. The summed E-state index contributed by atoms with van der Waals surface area (Å²) >= 11 is 0. The van der Waals surface area contributed by atoms with Crippen molar-refractivity contribution in [2.75, 3.05) is 6.54 Å². The van der Waals surface area contributed by atoms with Crippen molar-refractivity contribution in [2.45, 2.75) is 38.1 Å². The number of aliphatic carboxylic acids is 1. The number of nitrogens with zero attached hydrogens (tertiary/aromatic N) is 3. The lowest BCUT2D eigenvalue weighted by atomic mass is 9.97. The van der Waals surface area contributed by atoms with E-state index in [1.54, 1.807) is 29.3 Å². The van der Waals surface area contributed by atoms with Crippen LogP contribution in [0.4, 0.5) is 4.39 Å². The van der Waals surface area contributed by atoms with Crippen LogP contribution in [0.5, 0.6) is 0 Å². The maximum atomic E-state index is 13.0. The number of carboxylic acid groups (broad SMARTS) is 1. The molecule has 0 spiro atoms. The fourth-order valence-corrected chi connectivity index (χ4v) is 3.18. The van der Waals surface area contributed by atoms with Crippen LogP contribution in [0.25, 0.3) is 5.69 Å². The van der Waals surface area contributed by atoms with Crippen LogP contribution in [0.2, 0.25) is 0 Å². The molecule has 3 rings (SSSR count). The molecule has 1 aliphatic rings. The van der Waals surface area contributed by atoms with Gasteiger partial charge in [0.1, 0.15) is 5.82 Å². The van der Waals surface area contributed by atoms with Crippen LogP contribution in [-0.4, -0.2) is 44.3 Å². The van der Waals surface area contributed by atoms with Crippen LogP contribution < -0.4 is 0 Å². The quantitative estimate of drug-likeness (QED) is 0.904. The molecule has 0 aliphatic carbocycles. The van der Waals surface area contributed by atoms with E-state index in [1.807, 2.05) is 0 Å². The van der Waals surface area contributed by atoms with E-state index in [4.69, 9.17) is 5.11 Å². The first-order valence-electron chi connectivity index (χ1n) is 8.39. The van der Waals surface area contributed by atoms with E-state index >= 15 is 0 Å². The lowest BCUT2D eigenvalue weighted by Crippen LogP contribution is -2.44. The van der Waals surface area contributed by atoms with Crippen LogP contribution in [0.15, 0.2) is 36.5 Å². The highest BCUT2D eigenvalue weighted by atomic mass is 19.1. The van der Waals surface area contributed by atoms with Crippen LogP contribution >= 0.6 is 0 Å². The number of carboxylic acids is 1. The van der Waals surface area contributed by atoms with Gasteiger partial charge in [-0.25, -0.2) is 9.07 Å². The molecule has 1 aromatic heterocycles. The number of carbonyl (C=O) groups excluding carboxylic acids is 1. The number of hydrogen-bond acceptors (Lipinski definition) is 3. The first kappa shape index (κ1) is 17.1. The normalized spacial score (nSPS) is 17.5. The molecule has 0 bridgehead atoms. The van der Waals surface area contributed by atoms with E-state index in [9.17, 15) is 14.0 Å². The van der Waals surface area contributed by atoms with E-state index in [-0.39, 0.29) is 24.2 Å². The Hall–Kier alpha value is -2.70. The standard InChI is InChI=1S/C18H20FN3O3/c19-13-4-6-15(7-5-13)22-12-10-16(20-22)18(25)21-11-2-1-3-14(21)8-9-17(23)24/h4-7,10,12,14H,1-3,8-9,11H2,(H,23,24)/t14-/m1/s1. The van der Waals surface area contributed by atoms with Crippen molar-refractivity contribution in [1.82, 2.24) is 14.7 Å². The molecule has 7 heteroatoms. The number of carbonyl (C=O) groups is 2. The Morgan fingerprint density at radius 2 is 1.96 bits per heavy atom. The second kappa shape index (κ2) is 7.46. The average Bonchev–Trinajstić information content (AvgIpc) is 3.10. The predicted octanol–water partition coefficient (Wildman–Crippen LogP) is 2.87. The third kappa shape index (κ3) is 4.04. The number of hydrogen-bond donors (Lipinski definition) is 1. The third-order valence-corrected chi connectivity index (χ3v) is 4.48. The fourth-order valence-electron chi connectivity index (χ4n) is 3.18. The second-order valence-electron chi connectivity index (χ2n) is 6.20. The molecule has 0 radical (unpaired) electrons. The molecule has 25 heavy (non-hydrogen) atoms. The van der Waals surface area contributed by atoms with Gasteiger partial charge < -0.3 is 10.0 Å². The number of piperidine rings is 1. The zero-order valence-corrected chi connectivity index (χ0v) is 13.8. The van der Waals surface area contributed by atoms with Crippen molar-refractivity contribution < 1.29 is 19.1 Å². The lowest BCUT2D eigenvalue weighted by Gasteiger charge is -2.35. The van der Waals surface area contributed by atoms with Gasteiger partial charge >= 0.3 is 5.97 Å². The summed E-state index contributed by atoms with van der Waals surface area (Å²) in [6.07, 6.45) is 4.90. The Bertz CT molecular complexity index is 757. The minimum Gasteiger partial charge on any atom is -0.481 e. The number of benzene rings is 1. The zero-order chi connectivity index (χ0) is 17.8. The van der Waals surface area contributed by atoms with E-state index in [2.05, 4.69) is 5.10 Å². The summed E-state index contributed by atoms with van der Waals surface area (Å²) in [5.74, 6) is -1.36. The van der Waals surface area contributed by atoms with Gasteiger partial charge in [0.05, 0.1) is 5.69 Å². The summed E-state index contributed by atoms with van der Waals surface area (Å²) in [7, 11) is 0. The molecule has 6 nitrogen and oxygen atoms in total. The number of halogens is 1. The molecule has 1 N–H and O–H groups in total. The topological polar surface area (TPSA) is 75.4 Å². The number of aromatic nitrogens is 2. The fraction of sp³-hybridized carbons (Fsp3) is 0.389. The van der Waals surface area contributed by atoms with E-state index in [0.717, 1.165) is 19.3 Å². The summed E-state index contributed by atoms with van der Waals surface area (Å²) in [4.78, 5) is 25.4. The Labute approximate surface area is 144 Å². The van der Waals surface area contributed by atoms with E-state index in [1.165, 1.54) is 16.8 Å². The van der Waals surface area contributed by atoms with Crippen LogP contribution in [-0.2, 0) is 4.79 Å². The Morgan fingerprint density at radius 3 is 2.68 bits per heavy atom. The van der Waals surface area contributed by atoms with Crippen molar-refractivity contribution >= 4 is 11.9 Å². The van der Waals surface area contributed by atoms with E-state index in [0.29, 0.717) is 24.3 Å². The molecule has 0 unspecified atom stereocenters. The van der Waals surface area contributed by atoms with Gasteiger partial charge in [-0.3, -0.25) is 9.59 Å². The number of amides is 1. The largest absolute Gasteiger partial charge is 0.481 e. The first-order valence-corrected chi connectivity index (χ1v) is 8.39. The van der Waals surface area contributed by atoms with E-state index < -0.39 is 5.97 Å². The van der Waals surface area contributed by atoms with Gasteiger partial charge in [0.2, 0.25) is 0 Å². The summed E-state index contributed by atoms with van der Waals surface area (Å²) in [6, 6.07) is 7.43. The smallest absolute Gasteiger partial charge is 0.303 e. The molecule has 2 aromatic rings. The van der Waals surface area contributed by atoms with Crippen molar-refractivity contribution in [2.24, 2.45) is 0 Å². The molecular formula is C18H20FN3O3.